The number of hydrogen-bond acceptors (Lipinski definition) is 4. The summed E-state index contributed by atoms with van der Waals surface area (Å²) in [4.78, 5) is 6.33. The lowest BCUT2D eigenvalue weighted by molar-refractivity contribution is 0.0727. The Morgan fingerprint density at radius 1 is 1.27 bits per heavy atom. The third kappa shape index (κ3) is 4.24. The van der Waals surface area contributed by atoms with E-state index >= 15 is 0 Å². The first-order valence-electron chi connectivity index (χ1n) is 8.90. The number of pyridine rings is 1. The summed E-state index contributed by atoms with van der Waals surface area (Å²) in [5.74, 6) is 0. The molecule has 2 aromatic rings. The van der Waals surface area contributed by atoms with Crippen LogP contribution in [-0.4, -0.2) is 27.1 Å². The van der Waals surface area contributed by atoms with Gasteiger partial charge in [-0.2, -0.15) is 5.26 Å². The molecule has 136 valence electrons. The topological polar surface area (TPSA) is 60.1 Å². The number of aliphatic hydroxyl groups excluding tert-OH is 1. The second-order valence-electron chi connectivity index (χ2n) is 7.31. The zero-order valence-corrected chi connectivity index (χ0v) is 16.0. The number of nitrogens with zero attached hydrogens (tertiary/aromatic N) is 3. The molecular weight excluding hydrogens is 346 g/mol. The van der Waals surface area contributed by atoms with Gasteiger partial charge in [-0.1, -0.05) is 29.8 Å². The van der Waals surface area contributed by atoms with E-state index in [9.17, 15) is 10.4 Å². The Hall–Kier alpha value is -1.93. The van der Waals surface area contributed by atoms with Crippen molar-refractivity contribution >= 4 is 11.6 Å². The van der Waals surface area contributed by atoms with Gasteiger partial charge in [0.15, 0.2) is 0 Å². The van der Waals surface area contributed by atoms with Gasteiger partial charge in [0.1, 0.15) is 0 Å². The van der Waals surface area contributed by atoms with E-state index < -0.39 is 6.10 Å². The molecule has 0 aliphatic heterocycles. The Kier molecular flexibility index (Phi) is 5.62. The van der Waals surface area contributed by atoms with Crippen molar-refractivity contribution in [2.24, 2.45) is 0 Å². The van der Waals surface area contributed by atoms with Gasteiger partial charge in [-0.15, -0.1) is 0 Å². The van der Waals surface area contributed by atoms with Gasteiger partial charge in [-0.3, -0.25) is 9.88 Å². The van der Waals surface area contributed by atoms with Crippen LogP contribution in [0.3, 0.4) is 0 Å². The maximum Gasteiger partial charge on any atom is 0.0932 e. The predicted molar refractivity (Wildman–Crippen MR) is 103 cm³/mol. The van der Waals surface area contributed by atoms with Gasteiger partial charge in [0.25, 0.3) is 0 Å². The number of hydrogen-bond donors (Lipinski definition) is 1. The number of rotatable bonds is 7. The minimum atomic E-state index is -0.691. The number of halogens is 1. The summed E-state index contributed by atoms with van der Waals surface area (Å²) >= 11 is 6.01. The minimum absolute atomic E-state index is 0.124. The molecule has 1 aromatic heterocycles. The van der Waals surface area contributed by atoms with Crippen molar-refractivity contribution in [1.29, 1.82) is 5.26 Å². The van der Waals surface area contributed by atoms with Gasteiger partial charge in [-0.25, -0.2) is 0 Å². The molecule has 0 bridgehead atoms. The molecule has 5 heteroatoms. The second kappa shape index (κ2) is 7.75. The molecule has 1 heterocycles. The number of aryl methyl sites for hydroxylation is 2. The standard InChI is InChI=1S/C21H24ClN3O/c1-15-3-4-17(9-16(15)2)13-25(21(5-6-21)7-8-23)14-20(26)18-10-19(22)12-24-11-18/h3-4,9-12,20,26H,5-7,13-14H2,1-2H3. The summed E-state index contributed by atoms with van der Waals surface area (Å²) in [5.41, 5.74) is 4.31. The van der Waals surface area contributed by atoms with Crippen LogP contribution in [0.4, 0.5) is 0 Å². The first kappa shape index (κ1) is 18.8. The van der Waals surface area contributed by atoms with Crippen molar-refractivity contribution in [2.45, 2.75) is 51.3 Å². The highest BCUT2D eigenvalue weighted by atomic mass is 35.5. The number of aliphatic hydroxyl groups is 1. The molecule has 1 aromatic carbocycles. The predicted octanol–water partition coefficient (Wildman–Crippen LogP) is 4.33. The zero-order chi connectivity index (χ0) is 18.7. The fourth-order valence-corrected chi connectivity index (χ4v) is 3.55. The third-order valence-electron chi connectivity index (χ3n) is 5.35. The SMILES string of the molecule is Cc1ccc(CN(CC(O)c2cncc(Cl)c2)C2(CC#N)CC2)cc1C. The van der Waals surface area contributed by atoms with Crippen molar-refractivity contribution < 1.29 is 5.11 Å². The number of nitriles is 1. The van der Waals surface area contributed by atoms with Crippen molar-refractivity contribution in [1.82, 2.24) is 9.88 Å². The normalized spacial score (nSPS) is 16.3. The van der Waals surface area contributed by atoms with Crippen molar-refractivity contribution in [3.05, 3.63) is 63.9 Å². The largest absolute Gasteiger partial charge is 0.387 e. The monoisotopic (exact) mass is 369 g/mol. The van der Waals surface area contributed by atoms with Gasteiger partial charge in [-0.05, 0) is 49.4 Å². The van der Waals surface area contributed by atoms with Gasteiger partial charge in [0, 0.05) is 36.6 Å². The molecule has 1 atom stereocenters. The average Bonchev–Trinajstić information content (AvgIpc) is 3.38. The van der Waals surface area contributed by atoms with E-state index in [2.05, 4.69) is 48.0 Å². The van der Waals surface area contributed by atoms with E-state index in [-0.39, 0.29) is 5.54 Å². The molecule has 1 saturated carbocycles. The van der Waals surface area contributed by atoms with Crippen molar-refractivity contribution in [3.63, 3.8) is 0 Å². The quantitative estimate of drug-likeness (QED) is 0.788. The summed E-state index contributed by atoms with van der Waals surface area (Å²) in [6.45, 7) is 5.38. The Bertz CT molecular complexity index is 826. The zero-order valence-electron chi connectivity index (χ0n) is 15.2. The van der Waals surface area contributed by atoms with Gasteiger partial charge in [0.05, 0.1) is 23.6 Å². The van der Waals surface area contributed by atoms with Crippen LogP contribution in [0, 0.1) is 25.2 Å². The van der Waals surface area contributed by atoms with E-state index in [1.54, 1.807) is 18.5 Å². The molecule has 0 radical (unpaired) electrons. The van der Waals surface area contributed by atoms with Crippen LogP contribution in [0.15, 0.2) is 36.7 Å². The van der Waals surface area contributed by atoms with Crippen LogP contribution in [-0.2, 0) is 6.54 Å². The van der Waals surface area contributed by atoms with Crippen molar-refractivity contribution in [2.75, 3.05) is 6.54 Å². The lowest BCUT2D eigenvalue weighted by Crippen LogP contribution is -2.39. The van der Waals surface area contributed by atoms with Crippen LogP contribution < -0.4 is 0 Å². The molecule has 1 N–H and O–H groups in total. The highest BCUT2D eigenvalue weighted by Gasteiger charge is 2.48. The van der Waals surface area contributed by atoms with E-state index in [0.29, 0.717) is 30.1 Å². The van der Waals surface area contributed by atoms with Crippen LogP contribution in [0.5, 0.6) is 0 Å². The minimum Gasteiger partial charge on any atom is -0.387 e. The molecule has 26 heavy (non-hydrogen) atoms. The smallest absolute Gasteiger partial charge is 0.0932 e. The highest BCUT2D eigenvalue weighted by Crippen LogP contribution is 2.46. The Morgan fingerprint density at radius 2 is 2.04 bits per heavy atom. The summed E-state index contributed by atoms with van der Waals surface area (Å²) in [6.07, 6.45) is 4.98. The molecule has 4 nitrogen and oxygen atoms in total. The lowest BCUT2D eigenvalue weighted by atomic mass is 10.0. The summed E-state index contributed by atoms with van der Waals surface area (Å²) in [5, 5.41) is 20.5. The average molecular weight is 370 g/mol. The maximum atomic E-state index is 10.7. The highest BCUT2D eigenvalue weighted by molar-refractivity contribution is 6.30. The van der Waals surface area contributed by atoms with Gasteiger partial charge >= 0.3 is 0 Å². The molecule has 1 aliphatic rings. The lowest BCUT2D eigenvalue weighted by Gasteiger charge is -2.32. The van der Waals surface area contributed by atoms with Crippen LogP contribution >= 0.6 is 11.6 Å². The molecule has 3 rings (SSSR count). The molecule has 0 saturated heterocycles. The molecule has 1 aliphatic carbocycles. The van der Waals surface area contributed by atoms with Gasteiger partial charge < -0.3 is 5.11 Å². The molecule has 1 unspecified atom stereocenters. The van der Waals surface area contributed by atoms with E-state index in [4.69, 9.17) is 11.6 Å². The first-order chi connectivity index (χ1) is 12.4. The Labute approximate surface area is 160 Å². The van der Waals surface area contributed by atoms with Crippen LogP contribution in [0.25, 0.3) is 0 Å². The number of aromatic nitrogens is 1. The van der Waals surface area contributed by atoms with Crippen molar-refractivity contribution in [3.8, 4) is 6.07 Å². The summed E-state index contributed by atoms with van der Waals surface area (Å²) in [7, 11) is 0. The van der Waals surface area contributed by atoms with Crippen LogP contribution in [0.2, 0.25) is 5.02 Å². The first-order valence-corrected chi connectivity index (χ1v) is 9.28. The number of β-amino-alcohol motifs (C(OH)–C–C–N with tert-alkyl or cyclic N) is 1. The molecule has 0 spiro atoms. The van der Waals surface area contributed by atoms with Gasteiger partial charge in [0.2, 0.25) is 0 Å². The third-order valence-corrected chi connectivity index (χ3v) is 5.56. The fourth-order valence-electron chi connectivity index (χ4n) is 3.37. The van der Waals surface area contributed by atoms with E-state index in [1.165, 1.54) is 16.7 Å². The maximum absolute atomic E-state index is 10.7. The Balaban J connectivity index is 1.82. The molecule has 0 amide bonds. The fraction of sp³-hybridized carbons (Fsp3) is 0.429. The second-order valence-corrected chi connectivity index (χ2v) is 7.75. The summed E-state index contributed by atoms with van der Waals surface area (Å²) < 4.78 is 0. The van der Waals surface area contributed by atoms with E-state index in [1.807, 2.05) is 0 Å². The van der Waals surface area contributed by atoms with Crippen LogP contribution in [0.1, 0.15) is 47.6 Å². The number of benzene rings is 1. The molecular formula is C21H24ClN3O. The molecule has 1 fully saturated rings. The van der Waals surface area contributed by atoms with E-state index in [0.717, 1.165) is 12.8 Å². The Morgan fingerprint density at radius 3 is 2.65 bits per heavy atom. The summed E-state index contributed by atoms with van der Waals surface area (Å²) in [6, 6.07) is 10.5.